The summed E-state index contributed by atoms with van der Waals surface area (Å²) in [6.07, 6.45) is 0. The Morgan fingerprint density at radius 1 is 1.62 bits per heavy atom. The Kier molecular flexibility index (Phi) is 8.11. The summed E-state index contributed by atoms with van der Waals surface area (Å²) < 4.78 is 5.72. The molecule has 0 fully saturated rings. The van der Waals surface area contributed by atoms with Gasteiger partial charge in [0.25, 0.3) is 0 Å². The SMILES string of the molecule is CNC[I-]ONOC. The Labute approximate surface area is 59.6 Å². The summed E-state index contributed by atoms with van der Waals surface area (Å²) in [7, 11) is 3.40. The van der Waals surface area contributed by atoms with E-state index in [1.54, 1.807) is 0 Å². The summed E-state index contributed by atoms with van der Waals surface area (Å²) in [5, 5.41) is 2.95. The molecular weight excluding hydrogens is 223 g/mol. The van der Waals surface area contributed by atoms with Gasteiger partial charge in [-0.15, -0.1) is 0 Å². The zero-order valence-electron chi connectivity index (χ0n) is 4.90. The molecule has 0 aromatic carbocycles. The first kappa shape index (κ1) is 8.57. The molecule has 0 rings (SSSR count). The molecule has 0 aliphatic rings. The molecule has 0 aliphatic carbocycles. The van der Waals surface area contributed by atoms with Gasteiger partial charge in [-0.1, -0.05) is 0 Å². The molecular formula is C3H10IN2O2-. The van der Waals surface area contributed by atoms with Crippen LogP contribution in [0, 0.1) is 0 Å². The van der Waals surface area contributed by atoms with Gasteiger partial charge in [0, 0.05) is 0 Å². The number of alkyl halides is 1. The molecule has 5 heteroatoms. The van der Waals surface area contributed by atoms with E-state index in [-0.39, 0.29) is 21.6 Å². The molecule has 0 radical (unpaired) electrons. The van der Waals surface area contributed by atoms with Crippen LogP contribution in [0.25, 0.3) is 0 Å². The van der Waals surface area contributed by atoms with E-state index in [9.17, 15) is 0 Å². The van der Waals surface area contributed by atoms with Crippen LogP contribution in [0.3, 0.4) is 0 Å². The minimum atomic E-state index is -0.229. The van der Waals surface area contributed by atoms with E-state index < -0.39 is 0 Å². The second-order valence-electron chi connectivity index (χ2n) is 0.961. The van der Waals surface area contributed by atoms with E-state index in [4.69, 9.17) is 3.17 Å². The molecule has 0 aromatic heterocycles. The van der Waals surface area contributed by atoms with Crippen molar-refractivity contribution in [2.45, 2.75) is 0 Å². The van der Waals surface area contributed by atoms with Crippen molar-refractivity contribution in [3.63, 3.8) is 0 Å². The quantitative estimate of drug-likeness (QED) is 0.168. The van der Waals surface area contributed by atoms with Crippen LogP contribution in [0.2, 0.25) is 0 Å². The van der Waals surface area contributed by atoms with E-state index in [2.05, 4.69) is 15.8 Å². The van der Waals surface area contributed by atoms with Crippen LogP contribution in [-0.4, -0.2) is 18.7 Å². The molecule has 52 valence electrons. The van der Waals surface area contributed by atoms with Gasteiger partial charge in [-0.3, -0.25) is 0 Å². The van der Waals surface area contributed by atoms with Gasteiger partial charge in [-0.25, -0.2) is 0 Å². The molecule has 0 amide bonds. The van der Waals surface area contributed by atoms with Gasteiger partial charge in [-0.2, -0.15) is 0 Å². The van der Waals surface area contributed by atoms with E-state index in [0.29, 0.717) is 0 Å². The fourth-order valence-corrected chi connectivity index (χ4v) is 0.910. The standard InChI is InChI=1S/C3H10IN2O2/c1-5-3-4-8-6-7-2/h5-6H,3H2,1-2H3/q-1. The number of hydrogen-bond acceptors (Lipinski definition) is 4. The maximum atomic E-state index is 4.80. The summed E-state index contributed by atoms with van der Waals surface area (Å²) in [6.45, 7) is 0. The van der Waals surface area contributed by atoms with Gasteiger partial charge >= 0.3 is 59.3 Å². The van der Waals surface area contributed by atoms with E-state index in [0.717, 1.165) is 4.55 Å². The Bertz CT molecular complexity index is 40.3. The van der Waals surface area contributed by atoms with Crippen molar-refractivity contribution in [2.75, 3.05) is 18.7 Å². The number of rotatable bonds is 5. The van der Waals surface area contributed by atoms with Crippen LogP contribution in [0.15, 0.2) is 0 Å². The Morgan fingerprint density at radius 3 is 2.88 bits per heavy atom. The summed E-state index contributed by atoms with van der Waals surface area (Å²) >= 11 is -0.229. The van der Waals surface area contributed by atoms with Crippen LogP contribution in [-0.2, 0) is 8.00 Å². The minimum absolute atomic E-state index is 0.229. The molecule has 4 nitrogen and oxygen atoms in total. The van der Waals surface area contributed by atoms with Crippen molar-refractivity contribution >= 4 is 0 Å². The van der Waals surface area contributed by atoms with Gasteiger partial charge in [0.1, 0.15) is 0 Å². The van der Waals surface area contributed by atoms with Crippen LogP contribution in [0.1, 0.15) is 0 Å². The second kappa shape index (κ2) is 7.57. The monoisotopic (exact) mass is 233 g/mol. The fraction of sp³-hybridized carbons (Fsp3) is 1.00. The zero-order chi connectivity index (χ0) is 6.24. The van der Waals surface area contributed by atoms with Crippen molar-refractivity contribution in [1.29, 1.82) is 0 Å². The van der Waals surface area contributed by atoms with Gasteiger partial charge in [0.15, 0.2) is 0 Å². The third-order valence-corrected chi connectivity index (χ3v) is 1.92. The predicted molar refractivity (Wildman–Crippen MR) is 25.2 cm³/mol. The van der Waals surface area contributed by atoms with Crippen molar-refractivity contribution in [1.82, 2.24) is 11.0 Å². The van der Waals surface area contributed by atoms with Crippen molar-refractivity contribution in [3.8, 4) is 0 Å². The first-order valence-electron chi connectivity index (χ1n) is 2.09. The predicted octanol–water partition coefficient (Wildman–Crippen LogP) is -3.75. The van der Waals surface area contributed by atoms with Crippen molar-refractivity contribution in [3.05, 3.63) is 0 Å². The first-order chi connectivity index (χ1) is 3.91. The Morgan fingerprint density at radius 2 is 2.38 bits per heavy atom. The van der Waals surface area contributed by atoms with Gasteiger partial charge in [-0.05, 0) is 0 Å². The van der Waals surface area contributed by atoms with Crippen LogP contribution in [0.5, 0.6) is 0 Å². The molecule has 0 saturated carbocycles. The van der Waals surface area contributed by atoms with Crippen LogP contribution < -0.4 is 32.6 Å². The number of hydrogen-bond donors (Lipinski definition) is 2. The van der Waals surface area contributed by atoms with Crippen molar-refractivity contribution in [2.24, 2.45) is 0 Å². The molecule has 0 bridgehead atoms. The zero-order valence-corrected chi connectivity index (χ0v) is 7.06. The van der Waals surface area contributed by atoms with Gasteiger partial charge in [0.2, 0.25) is 0 Å². The summed E-state index contributed by atoms with van der Waals surface area (Å²) in [6, 6.07) is 0. The molecule has 0 heterocycles. The summed E-state index contributed by atoms with van der Waals surface area (Å²) in [5.74, 6) is 0. The first-order valence-corrected chi connectivity index (χ1v) is 4.50. The van der Waals surface area contributed by atoms with E-state index in [1.165, 1.54) is 7.11 Å². The normalized spacial score (nSPS) is 10.2. The average Bonchev–Trinajstić information content (AvgIpc) is 1.81. The number of nitrogens with one attached hydrogen (secondary N) is 2. The van der Waals surface area contributed by atoms with Gasteiger partial charge in [0.05, 0.1) is 0 Å². The third kappa shape index (κ3) is 6.57. The van der Waals surface area contributed by atoms with Crippen LogP contribution in [0.4, 0.5) is 0 Å². The molecule has 0 aliphatic heterocycles. The Hall–Kier alpha value is 0.570. The molecule has 0 spiro atoms. The van der Waals surface area contributed by atoms with Gasteiger partial charge < -0.3 is 0 Å². The molecule has 0 unspecified atom stereocenters. The van der Waals surface area contributed by atoms with E-state index >= 15 is 0 Å². The fourth-order valence-electron chi connectivity index (χ4n) is 0.136. The second-order valence-corrected chi connectivity index (χ2v) is 2.79. The molecule has 0 atom stereocenters. The maximum absolute atomic E-state index is 4.80. The summed E-state index contributed by atoms with van der Waals surface area (Å²) in [4.78, 5) is 4.42. The third-order valence-electron chi connectivity index (χ3n) is 0.358. The Balaban J connectivity index is 2.53. The molecule has 0 aromatic rings. The summed E-state index contributed by atoms with van der Waals surface area (Å²) in [5.41, 5.74) is 2.29. The molecule has 2 N–H and O–H groups in total. The topological polar surface area (TPSA) is 42.5 Å². The molecule has 8 heavy (non-hydrogen) atoms. The average molecular weight is 233 g/mol. The van der Waals surface area contributed by atoms with Crippen molar-refractivity contribution < 1.29 is 29.6 Å². The molecule has 0 saturated heterocycles. The van der Waals surface area contributed by atoms with E-state index in [1.807, 2.05) is 7.05 Å². The number of halogens is 1. The van der Waals surface area contributed by atoms with Crippen LogP contribution >= 0.6 is 0 Å².